The van der Waals surface area contributed by atoms with E-state index in [1.54, 1.807) is 0 Å². The molecule has 0 heterocycles. The van der Waals surface area contributed by atoms with Crippen LogP contribution in [0, 0.1) is 0 Å². The van der Waals surface area contributed by atoms with E-state index in [-0.39, 0.29) is 11.9 Å². The molecule has 0 aliphatic heterocycles. The van der Waals surface area contributed by atoms with Crippen LogP contribution in [0.3, 0.4) is 0 Å². The van der Waals surface area contributed by atoms with Gasteiger partial charge in [-0.2, -0.15) is 0 Å². The molecule has 1 amide bonds. The van der Waals surface area contributed by atoms with Gasteiger partial charge in [0.15, 0.2) is 0 Å². The van der Waals surface area contributed by atoms with Crippen molar-refractivity contribution in [1.29, 1.82) is 0 Å². The van der Waals surface area contributed by atoms with E-state index in [1.165, 1.54) is 0 Å². The number of amides is 1. The normalized spacial score (nSPS) is 12.7. The number of nitrogens with zero attached hydrogens (tertiary/aromatic N) is 2. The SMILES string of the molecule is CCCCC(N)C(=O)N(CC)CCCN(CC)CC. The topological polar surface area (TPSA) is 49.6 Å². The molecule has 0 fully saturated rings. The Labute approximate surface area is 119 Å². The van der Waals surface area contributed by atoms with E-state index < -0.39 is 0 Å². The zero-order chi connectivity index (χ0) is 14.7. The molecule has 4 heteroatoms. The molecule has 0 aromatic heterocycles. The molecule has 0 saturated heterocycles. The van der Waals surface area contributed by atoms with Gasteiger partial charge in [-0.05, 0) is 39.4 Å². The third-order valence-electron chi connectivity index (χ3n) is 3.68. The van der Waals surface area contributed by atoms with Gasteiger partial charge in [0.1, 0.15) is 0 Å². The fraction of sp³-hybridized carbons (Fsp3) is 0.933. The Morgan fingerprint density at radius 3 is 2.11 bits per heavy atom. The third-order valence-corrected chi connectivity index (χ3v) is 3.68. The van der Waals surface area contributed by atoms with Crippen LogP contribution < -0.4 is 5.73 Å². The van der Waals surface area contributed by atoms with Crippen LogP contribution in [0.4, 0.5) is 0 Å². The number of carbonyl (C=O) groups excluding carboxylic acids is 1. The van der Waals surface area contributed by atoms with Gasteiger partial charge in [0, 0.05) is 13.1 Å². The Kier molecular flexibility index (Phi) is 10.9. The molecule has 0 bridgehead atoms. The monoisotopic (exact) mass is 271 g/mol. The lowest BCUT2D eigenvalue weighted by molar-refractivity contribution is -0.132. The molecule has 0 radical (unpaired) electrons. The molecule has 1 unspecified atom stereocenters. The van der Waals surface area contributed by atoms with E-state index in [0.29, 0.717) is 0 Å². The molecule has 4 nitrogen and oxygen atoms in total. The second-order valence-electron chi connectivity index (χ2n) is 5.05. The summed E-state index contributed by atoms with van der Waals surface area (Å²) in [4.78, 5) is 16.5. The second kappa shape index (κ2) is 11.2. The molecule has 0 aliphatic rings. The standard InChI is InChI=1S/C15H33N3O/c1-5-9-11-14(16)15(19)18(8-4)13-10-12-17(6-2)7-3/h14H,5-13,16H2,1-4H3. The highest BCUT2D eigenvalue weighted by Crippen LogP contribution is 2.04. The second-order valence-corrected chi connectivity index (χ2v) is 5.05. The number of hydrogen-bond donors (Lipinski definition) is 1. The van der Waals surface area contributed by atoms with Crippen LogP contribution >= 0.6 is 0 Å². The minimum atomic E-state index is -0.312. The van der Waals surface area contributed by atoms with Crippen LogP contribution in [0.5, 0.6) is 0 Å². The number of likely N-dealkylation sites (N-methyl/N-ethyl adjacent to an activating group) is 1. The van der Waals surface area contributed by atoms with Crippen molar-refractivity contribution in [2.75, 3.05) is 32.7 Å². The lowest BCUT2D eigenvalue weighted by Gasteiger charge is -2.26. The van der Waals surface area contributed by atoms with Crippen molar-refractivity contribution in [1.82, 2.24) is 9.80 Å². The van der Waals surface area contributed by atoms with Gasteiger partial charge >= 0.3 is 0 Å². The zero-order valence-electron chi connectivity index (χ0n) is 13.3. The lowest BCUT2D eigenvalue weighted by Crippen LogP contribution is -2.44. The Balaban J connectivity index is 4.07. The highest BCUT2D eigenvalue weighted by Gasteiger charge is 2.18. The zero-order valence-corrected chi connectivity index (χ0v) is 13.3. The molecule has 0 aromatic rings. The van der Waals surface area contributed by atoms with Gasteiger partial charge in [-0.25, -0.2) is 0 Å². The molecule has 0 rings (SSSR count). The number of hydrogen-bond acceptors (Lipinski definition) is 3. The maximum Gasteiger partial charge on any atom is 0.239 e. The first-order valence-electron chi connectivity index (χ1n) is 7.87. The van der Waals surface area contributed by atoms with E-state index in [0.717, 1.165) is 58.4 Å². The first kappa shape index (κ1) is 18.4. The van der Waals surface area contributed by atoms with Crippen molar-refractivity contribution in [3.63, 3.8) is 0 Å². The lowest BCUT2D eigenvalue weighted by atomic mass is 10.1. The minimum absolute atomic E-state index is 0.121. The van der Waals surface area contributed by atoms with Crippen LogP contribution in [-0.2, 0) is 4.79 Å². The number of rotatable bonds is 11. The molecule has 1 atom stereocenters. The van der Waals surface area contributed by atoms with Gasteiger partial charge in [0.2, 0.25) is 5.91 Å². The number of unbranched alkanes of at least 4 members (excludes halogenated alkanes) is 1. The Hall–Kier alpha value is -0.610. The smallest absolute Gasteiger partial charge is 0.239 e. The molecule has 0 aliphatic carbocycles. The highest BCUT2D eigenvalue weighted by molar-refractivity contribution is 5.81. The van der Waals surface area contributed by atoms with Crippen molar-refractivity contribution in [3.05, 3.63) is 0 Å². The Morgan fingerprint density at radius 1 is 1.00 bits per heavy atom. The van der Waals surface area contributed by atoms with Crippen LogP contribution in [-0.4, -0.2) is 54.5 Å². The van der Waals surface area contributed by atoms with Crippen LogP contribution in [0.2, 0.25) is 0 Å². The van der Waals surface area contributed by atoms with Crippen molar-refractivity contribution >= 4 is 5.91 Å². The first-order chi connectivity index (χ1) is 9.10. The fourth-order valence-corrected chi connectivity index (χ4v) is 2.23. The molecule has 114 valence electrons. The van der Waals surface area contributed by atoms with E-state index in [2.05, 4.69) is 25.7 Å². The summed E-state index contributed by atoms with van der Waals surface area (Å²) in [6.45, 7) is 13.3. The Bertz CT molecular complexity index is 229. The fourth-order valence-electron chi connectivity index (χ4n) is 2.23. The molecule has 0 saturated carbocycles. The van der Waals surface area contributed by atoms with Gasteiger partial charge in [0.05, 0.1) is 6.04 Å². The predicted octanol–water partition coefficient (Wildman–Crippen LogP) is 2.08. The van der Waals surface area contributed by atoms with E-state index in [9.17, 15) is 4.79 Å². The highest BCUT2D eigenvalue weighted by atomic mass is 16.2. The number of carbonyl (C=O) groups is 1. The maximum absolute atomic E-state index is 12.2. The summed E-state index contributed by atoms with van der Waals surface area (Å²) in [6.07, 6.45) is 3.96. The minimum Gasteiger partial charge on any atom is -0.342 e. The van der Waals surface area contributed by atoms with Crippen molar-refractivity contribution in [2.24, 2.45) is 5.73 Å². The first-order valence-corrected chi connectivity index (χ1v) is 7.87. The largest absolute Gasteiger partial charge is 0.342 e. The third kappa shape index (κ3) is 7.53. The van der Waals surface area contributed by atoms with Crippen LogP contribution in [0.1, 0.15) is 53.4 Å². The quantitative estimate of drug-likeness (QED) is 0.626. The summed E-state index contributed by atoms with van der Waals surface area (Å²) >= 11 is 0. The van der Waals surface area contributed by atoms with Gasteiger partial charge < -0.3 is 15.5 Å². The van der Waals surface area contributed by atoms with Crippen LogP contribution in [0.25, 0.3) is 0 Å². The average molecular weight is 271 g/mol. The summed E-state index contributed by atoms with van der Waals surface area (Å²) in [5, 5.41) is 0. The Morgan fingerprint density at radius 2 is 1.63 bits per heavy atom. The summed E-state index contributed by atoms with van der Waals surface area (Å²) in [7, 11) is 0. The van der Waals surface area contributed by atoms with Gasteiger partial charge in [-0.1, -0.05) is 33.6 Å². The van der Waals surface area contributed by atoms with Crippen molar-refractivity contribution in [2.45, 2.75) is 59.4 Å². The van der Waals surface area contributed by atoms with E-state index in [4.69, 9.17) is 5.73 Å². The average Bonchev–Trinajstić information content (AvgIpc) is 2.44. The molecule has 0 spiro atoms. The molecule has 0 aromatic carbocycles. The predicted molar refractivity (Wildman–Crippen MR) is 82.2 cm³/mol. The molecule has 2 N–H and O–H groups in total. The van der Waals surface area contributed by atoms with Gasteiger partial charge in [-0.15, -0.1) is 0 Å². The summed E-state index contributed by atoms with van der Waals surface area (Å²) in [6, 6.07) is -0.312. The van der Waals surface area contributed by atoms with Crippen LogP contribution in [0.15, 0.2) is 0 Å². The van der Waals surface area contributed by atoms with E-state index >= 15 is 0 Å². The number of nitrogens with two attached hydrogens (primary N) is 1. The van der Waals surface area contributed by atoms with Crippen molar-refractivity contribution < 1.29 is 4.79 Å². The summed E-state index contributed by atoms with van der Waals surface area (Å²) < 4.78 is 0. The molecular weight excluding hydrogens is 238 g/mol. The maximum atomic E-state index is 12.2. The summed E-state index contributed by atoms with van der Waals surface area (Å²) in [5.74, 6) is 0.121. The summed E-state index contributed by atoms with van der Waals surface area (Å²) in [5.41, 5.74) is 5.96. The van der Waals surface area contributed by atoms with Gasteiger partial charge in [0.25, 0.3) is 0 Å². The molecular formula is C15H33N3O. The molecule has 19 heavy (non-hydrogen) atoms. The van der Waals surface area contributed by atoms with Crippen molar-refractivity contribution in [3.8, 4) is 0 Å². The van der Waals surface area contributed by atoms with Gasteiger partial charge in [-0.3, -0.25) is 4.79 Å². The van der Waals surface area contributed by atoms with E-state index in [1.807, 2.05) is 11.8 Å².